The molecule has 3 heterocycles. The number of halogens is 2. The van der Waals surface area contributed by atoms with Gasteiger partial charge in [0.1, 0.15) is 18.1 Å². The van der Waals surface area contributed by atoms with E-state index in [0.29, 0.717) is 27.8 Å². The maximum absolute atomic E-state index is 12.8. The molecule has 0 bridgehead atoms. The predicted molar refractivity (Wildman–Crippen MR) is 156 cm³/mol. The van der Waals surface area contributed by atoms with E-state index in [1.165, 1.54) is 5.56 Å². The second kappa shape index (κ2) is 12.0. The molecule has 1 aliphatic heterocycles. The summed E-state index contributed by atoms with van der Waals surface area (Å²) >= 11 is 12.1. The summed E-state index contributed by atoms with van der Waals surface area (Å²) in [4.78, 5) is 19.9. The summed E-state index contributed by atoms with van der Waals surface area (Å²) in [6, 6.07) is 16.0. The molecular weight excluding hydrogens is 535 g/mol. The molecule has 9 heteroatoms. The van der Waals surface area contributed by atoms with Crippen LogP contribution in [0.3, 0.4) is 0 Å². The highest BCUT2D eigenvalue weighted by Crippen LogP contribution is 2.29. The number of hydrogen-bond donors (Lipinski definition) is 2. The number of carbonyl (C=O) groups is 1. The molecule has 1 saturated heterocycles. The second-order valence-corrected chi connectivity index (χ2v) is 10.9. The molecule has 2 aromatic carbocycles. The van der Waals surface area contributed by atoms with Gasteiger partial charge in [-0.2, -0.15) is 0 Å². The van der Waals surface area contributed by atoms with Crippen LogP contribution in [0, 0.1) is 6.92 Å². The largest absolute Gasteiger partial charge is 0.444 e. The normalized spacial score (nSPS) is 15.7. The van der Waals surface area contributed by atoms with Crippen molar-refractivity contribution in [1.82, 2.24) is 14.3 Å². The Morgan fingerprint density at radius 2 is 1.85 bits per heavy atom. The predicted octanol–water partition coefficient (Wildman–Crippen LogP) is 6.88. The van der Waals surface area contributed by atoms with Gasteiger partial charge in [-0.3, -0.25) is 14.6 Å². The molecule has 0 radical (unpaired) electrons. The third-order valence-corrected chi connectivity index (χ3v) is 7.64. The molecule has 1 fully saturated rings. The number of likely N-dealkylation sites (tertiary alicyclic amines) is 1. The fourth-order valence-corrected chi connectivity index (χ4v) is 5.79. The van der Waals surface area contributed by atoms with Gasteiger partial charge >= 0.3 is 6.09 Å². The van der Waals surface area contributed by atoms with E-state index in [0.717, 1.165) is 54.0 Å². The monoisotopic (exact) mass is 566 g/mol. The number of imidazole rings is 1. The molecule has 4 aromatic rings. The van der Waals surface area contributed by atoms with Crippen LogP contribution in [0.25, 0.3) is 16.8 Å². The van der Waals surface area contributed by atoms with Crippen molar-refractivity contribution in [2.24, 2.45) is 0 Å². The Morgan fingerprint density at radius 3 is 2.54 bits per heavy atom. The van der Waals surface area contributed by atoms with Gasteiger partial charge in [-0.15, -0.1) is 0 Å². The van der Waals surface area contributed by atoms with Gasteiger partial charge < -0.3 is 9.84 Å². The topological polar surface area (TPSA) is 79.1 Å². The first-order valence-electron chi connectivity index (χ1n) is 13.2. The summed E-state index contributed by atoms with van der Waals surface area (Å²) in [7, 11) is 0. The minimum atomic E-state index is -0.585. The maximum Gasteiger partial charge on any atom is 0.413 e. The molecule has 0 spiro atoms. The number of aryl methyl sites for hydroxylation is 2. The summed E-state index contributed by atoms with van der Waals surface area (Å²) < 4.78 is 7.38. The Morgan fingerprint density at radius 1 is 1.10 bits per heavy atom. The van der Waals surface area contributed by atoms with Crippen molar-refractivity contribution >= 4 is 40.8 Å². The Bertz CT molecular complexity index is 1470. The SMILES string of the molecule is CCc1nc2c(C)cc(-c3ccc(CN4CCC[C@H]4CO)cc3)cn2c1NC(=O)OCc1cc(Cl)cc(Cl)c1. The van der Waals surface area contributed by atoms with Crippen molar-refractivity contribution in [2.75, 3.05) is 18.5 Å². The minimum Gasteiger partial charge on any atom is -0.444 e. The Labute approximate surface area is 238 Å². The zero-order chi connectivity index (χ0) is 27.5. The number of carbonyl (C=O) groups excluding carboxylic acids is 1. The van der Waals surface area contributed by atoms with Crippen molar-refractivity contribution < 1.29 is 14.6 Å². The van der Waals surface area contributed by atoms with Crippen LogP contribution in [0.15, 0.2) is 54.7 Å². The van der Waals surface area contributed by atoms with Gasteiger partial charge in [0.05, 0.1) is 12.3 Å². The van der Waals surface area contributed by atoms with Gasteiger partial charge in [-0.25, -0.2) is 9.78 Å². The molecule has 1 amide bonds. The quantitative estimate of drug-likeness (QED) is 0.243. The number of aliphatic hydroxyl groups excluding tert-OH is 1. The molecule has 204 valence electrons. The van der Waals surface area contributed by atoms with Crippen molar-refractivity contribution in [3.63, 3.8) is 0 Å². The molecule has 0 saturated carbocycles. The lowest BCUT2D eigenvalue weighted by molar-refractivity contribution is 0.153. The average Bonchev–Trinajstić information content (AvgIpc) is 3.51. The van der Waals surface area contributed by atoms with E-state index in [2.05, 4.69) is 40.5 Å². The minimum absolute atomic E-state index is 0.0391. The molecular formula is C30H32Cl2N4O3. The second-order valence-electron chi connectivity index (χ2n) is 9.99. The number of aliphatic hydroxyl groups is 1. The lowest BCUT2D eigenvalue weighted by atomic mass is 10.0. The first kappa shape index (κ1) is 27.5. The van der Waals surface area contributed by atoms with E-state index in [1.54, 1.807) is 18.2 Å². The van der Waals surface area contributed by atoms with Crippen LogP contribution in [0.2, 0.25) is 10.0 Å². The molecule has 2 aromatic heterocycles. The molecule has 5 rings (SSSR count). The van der Waals surface area contributed by atoms with Crippen molar-refractivity contribution in [3.05, 3.63) is 87.2 Å². The third-order valence-electron chi connectivity index (χ3n) is 7.21. The van der Waals surface area contributed by atoms with Crippen LogP contribution in [0.5, 0.6) is 0 Å². The third kappa shape index (κ3) is 6.23. The number of anilines is 1. The zero-order valence-corrected chi connectivity index (χ0v) is 23.6. The smallest absolute Gasteiger partial charge is 0.413 e. The van der Waals surface area contributed by atoms with Gasteiger partial charge in [0, 0.05) is 28.8 Å². The highest BCUT2D eigenvalue weighted by molar-refractivity contribution is 6.34. The number of hydrogen-bond acceptors (Lipinski definition) is 5. The summed E-state index contributed by atoms with van der Waals surface area (Å²) in [5.74, 6) is 0.590. The fraction of sp³-hybridized carbons (Fsp3) is 0.333. The first-order chi connectivity index (χ1) is 18.8. The number of aromatic nitrogens is 2. The van der Waals surface area contributed by atoms with Gasteiger partial charge in [0.25, 0.3) is 0 Å². The number of amides is 1. The van der Waals surface area contributed by atoms with Gasteiger partial charge in [0.2, 0.25) is 0 Å². The molecule has 2 N–H and O–H groups in total. The van der Waals surface area contributed by atoms with E-state index in [4.69, 9.17) is 32.9 Å². The number of fused-ring (bicyclic) bond motifs is 1. The fourth-order valence-electron chi connectivity index (χ4n) is 5.22. The number of ether oxygens (including phenoxy) is 1. The summed E-state index contributed by atoms with van der Waals surface area (Å²) in [5, 5.41) is 13.5. The van der Waals surface area contributed by atoms with E-state index in [1.807, 2.05) is 24.4 Å². The van der Waals surface area contributed by atoms with Crippen LogP contribution in [0.1, 0.15) is 42.1 Å². The summed E-state index contributed by atoms with van der Waals surface area (Å²) in [6.07, 6.45) is 4.25. The summed E-state index contributed by atoms with van der Waals surface area (Å²) in [6.45, 7) is 6.13. The van der Waals surface area contributed by atoms with Crippen LogP contribution >= 0.6 is 23.2 Å². The van der Waals surface area contributed by atoms with Gasteiger partial charge in [-0.05, 0) is 84.8 Å². The molecule has 0 unspecified atom stereocenters. The number of benzene rings is 2. The number of nitrogens with zero attached hydrogens (tertiary/aromatic N) is 3. The number of rotatable bonds is 8. The van der Waals surface area contributed by atoms with E-state index in [9.17, 15) is 9.90 Å². The molecule has 7 nitrogen and oxygen atoms in total. The summed E-state index contributed by atoms with van der Waals surface area (Å²) in [5.41, 5.74) is 6.58. The van der Waals surface area contributed by atoms with Crippen LogP contribution in [0.4, 0.5) is 10.6 Å². The van der Waals surface area contributed by atoms with E-state index >= 15 is 0 Å². The van der Waals surface area contributed by atoms with E-state index < -0.39 is 6.09 Å². The van der Waals surface area contributed by atoms with Crippen LogP contribution in [-0.4, -0.2) is 44.7 Å². The number of nitrogens with one attached hydrogen (secondary N) is 1. The maximum atomic E-state index is 12.8. The van der Waals surface area contributed by atoms with E-state index in [-0.39, 0.29) is 19.3 Å². The molecule has 0 aliphatic carbocycles. The first-order valence-corrected chi connectivity index (χ1v) is 13.9. The van der Waals surface area contributed by atoms with Crippen molar-refractivity contribution in [3.8, 4) is 11.1 Å². The Kier molecular flexibility index (Phi) is 8.43. The molecule has 1 aliphatic rings. The number of pyridine rings is 1. The van der Waals surface area contributed by atoms with Crippen molar-refractivity contribution in [2.45, 2.75) is 52.3 Å². The van der Waals surface area contributed by atoms with Crippen LogP contribution in [-0.2, 0) is 24.3 Å². The highest BCUT2D eigenvalue weighted by atomic mass is 35.5. The highest BCUT2D eigenvalue weighted by Gasteiger charge is 2.23. The molecule has 1 atom stereocenters. The lowest BCUT2D eigenvalue weighted by Gasteiger charge is -2.22. The Hall–Kier alpha value is -3.10. The van der Waals surface area contributed by atoms with Crippen LogP contribution < -0.4 is 5.32 Å². The van der Waals surface area contributed by atoms with Gasteiger partial charge in [-0.1, -0.05) is 54.4 Å². The van der Waals surface area contributed by atoms with Gasteiger partial charge in [0.15, 0.2) is 0 Å². The molecule has 39 heavy (non-hydrogen) atoms. The zero-order valence-electron chi connectivity index (χ0n) is 22.1. The average molecular weight is 568 g/mol. The van der Waals surface area contributed by atoms with Crippen molar-refractivity contribution in [1.29, 1.82) is 0 Å². The Balaban J connectivity index is 1.36. The lowest BCUT2D eigenvalue weighted by Crippen LogP contribution is -2.31. The standard InChI is InChI=1S/C30H32Cl2N4O3/c1-3-27-29(34-30(38)39-18-21-12-24(31)14-25(32)13-21)36-16-23(11-19(2)28(36)33-27)22-8-6-20(7-9-22)15-35-10-4-5-26(35)17-37/h6-9,11-14,16,26,37H,3-5,10,15,17-18H2,1-2H3,(H,34,38)/t26-/m0/s1.